The van der Waals surface area contributed by atoms with Crippen LogP contribution in [0.1, 0.15) is 23.7 Å². The smallest absolute Gasteiger partial charge is 0.338 e. The van der Waals surface area contributed by atoms with Crippen LogP contribution < -0.4 is 10.5 Å². The van der Waals surface area contributed by atoms with Gasteiger partial charge >= 0.3 is 5.97 Å². The molecule has 1 amide bonds. The average Bonchev–Trinajstić information content (AvgIpc) is 2.34. The highest BCUT2D eigenvalue weighted by Gasteiger charge is 2.06. The van der Waals surface area contributed by atoms with E-state index in [1.165, 1.54) is 0 Å². The lowest BCUT2D eigenvalue weighted by molar-refractivity contribution is -0.119. The zero-order valence-corrected chi connectivity index (χ0v) is 9.64. The first-order valence-corrected chi connectivity index (χ1v) is 5.31. The lowest BCUT2D eigenvalue weighted by Gasteiger charge is -2.05. The summed E-state index contributed by atoms with van der Waals surface area (Å²) in [5.74, 6) is -0.430. The van der Waals surface area contributed by atoms with Crippen LogP contribution in [0.4, 0.5) is 0 Å². The SMILES string of the molecule is CCCOC(=O)c1ccc(OCC(N)=O)cc1. The fraction of sp³-hybridized carbons (Fsp3) is 0.333. The molecule has 0 saturated heterocycles. The zero-order chi connectivity index (χ0) is 12.7. The van der Waals surface area contributed by atoms with Crippen molar-refractivity contribution in [2.75, 3.05) is 13.2 Å². The Morgan fingerprint density at radius 2 is 1.88 bits per heavy atom. The lowest BCUT2D eigenvalue weighted by atomic mass is 10.2. The van der Waals surface area contributed by atoms with Gasteiger partial charge in [-0.2, -0.15) is 0 Å². The molecule has 0 aliphatic rings. The van der Waals surface area contributed by atoms with E-state index in [0.717, 1.165) is 6.42 Å². The molecule has 1 aromatic carbocycles. The highest BCUT2D eigenvalue weighted by Crippen LogP contribution is 2.12. The van der Waals surface area contributed by atoms with Crippen LogP contribution in [0.5, 0.6) is 5.75 Å². The Balaban J connectivity index is 2.55. The van der Waals surface area contributed by atoms with Crippen LogP contribution in [-0.2, 0) is 9.53 Å². The Hall–Kier alpha value is -2.04. The van der Waals surface area contributed by atoms with Crippen LogP contribution in [0, 0.1) is 0 Å². The molecule has 0 bridgehead atoms. The Labute approximate surface area is 99.5 Å². The second-order valence-electron chi connectivity index (χ2n) is 3.42. The van der Waals surface area contributed by atoms with Crippen LogP contribution in [0.15, 0.2) is 24.3 Å². The van der Waals surface area contributed by atoms with Gasteiger partial charge in [-0.05, 0) is 30.7 Å². The molecular formula is C12H15NO4. The quantitative estimate of drug-likeness (QED) is 0.752. The van der Waals surface area contributed by atoms with E-state index in [1.54, 1.807) is 24.3 Å². The summed E-state index contributed by atoms with van der Waals surface area (Å²) < 4.78 is 10.0. The summed E-state index contributed by atoms with van der Waals surface area (Å²) in [5, 5.41) is 0. The van der Waals surface area contributed by atoms with Crippen LogP contribution >= 0.6 is 0 Å². The third kappa shape index (κ3) is 4.55. The van der Waals surface area contributed by atoms with Gasteiger partial charge < -0.3 is 15.2 Å². The maximum absolute atomic E-state index is 11.4. The van der Waals surface area contributed by atoms with Crippen molar-refractivity contribution < 1.29 is 19.1 Å². The van der Waals surface area contributed by atoms with Crippen LogP contribution in [-0.4, -0.2) is 25.1 Å². The fourth-order valence-electron chi connectivity index (χ4n) is 1.12. The number of benzene rings is 1. The topological polar surface area (TPSA) is 78.6 Å². The summed E-state index contributed by atoms with van der Waals surface area (Å²) in [6, 6.07) is 6.33. The van der Waals surface area contributed by atoms with Gasteiger partial charge in [-0.1, -0.05) is 6.92 Å². The summed E-state index contributed by atoms with van der Waals surface area (Å²) in [6.07, 6.45) is 0.783. The maximum atomic E-state index is 11.4. The monoisotopic (exact) mass is 237 g/mol. The van der Waals surface area contributed by atoms with E-state index in [2.05, 4.69) is 0 Å². The molecule has 2 N–H and O–H groups in total. The van der Waals surface area contributed by atoms with E-state index in [1.807, 2.05) is 6.92 Å². The van der Waals surface area contributed by atoms with Crippen molar-refractivity contribution in [3.05, 3.63) is 29.8 Å². The van der Waals surface area contributed by atoms with Gasteiger partial charge in [0.25, 0.3) is 5.91 Å². The largest absolute Gasteiger partial charge is 0.484 e. The first-order valence-electron chi connectivity index (χ1n) is 5.31. The van der Waals surface area contributed by atoms with Gasteiger partial charge in [-0.15, -0.1) is 0 Å². The number of nitrogens with two attached hydrogens (primary N) is 1. The summed E-state index contributed by atoms with van der Waals surface area (Å²) in [4.78, 5) is 21.9. The predicted molar refractivity (Wildman–Crippen MR) is 61.7 cm³/mol. The number of esters is 1. The van der Waals surface area contributed by atoms with Crippen molar-refractivity contribution in [2.24, 2.45) is 5.73 Å². The van der Waals surface area contributed by atoms with Crippen molar-refractivity contribution in [3.63, 3.8) is 0 Å². The molecule has 0 aliphatic heterocycles. The number of carbonyl (C=O) groups excluding carboxylic acids is 2. The number of rotatable bonds is 6. The van der Waals surface area contributed by atoms with Gasteiger partial charge in [-0.3, -0.25) is 4.79 Å². The Kier molecular flexibility index (Phi) is 5.00. The molecule has 0 heterocycles. The van der Waals surface area contributed by atoms with Gasteiger partial charge in [0.1, 0.15) is 5.75 Å². The minimum Gasteiger partial charge on any atom is -0.484 e. The highest BCUT2D eigenvalue weighted by atomic mass is 16.5. The zero-order valence-electron chi connectivity index (χ0n) is 9.64. The van der Waals surface area contributed by atoms with E-state index in [4.69, 9.17) is 15.2 Å². The summed E-state index contributed by atoms with van der Waals surface area (Å²) in [5.41, 5.74) is 5.38. The van der Waals surface area contributed by atoms with Crippen molar-refractivity contribution in [1.82, 2.24) is 0 Å². The minimum atomic E-state index is -0.545. The standard InChI is InChI=1S/C12H15NO4/c1-2-7-16-12(15)9-3-5-10(6-4-9)17-8-11(13)14/h3-6H,2,7-8H2,1H3,(H2,13,14). The maximum Gasteiger partial charge on any atom is 0.338 e. The second-order valence-corrected chi connectivity index (χ2v) is 3.42. The molecule has 0 spiro atoms. The molecule has 17 heavy (non-hydrogen) atoms. The molecule has 0 saturated carbocycles. The third-order valence-corrected chi connectivity index (χ3v) is 1.91. The fourth-order valence-corrected chi connectivity index (χ4v) is 1.12. The lowest BCUT2D eigenvalue weighted by Crippen LogP contribution is -2.20. The van der Waals surface area contributed by atoms with E-state index in [9.17, 15) is 9.59 Å². The first-order chi connectivity index (χ1) is 8.13. The van der Waals surface area contributed by atoms with Gasteiger partial charge in [0.2, 0.25) is 0 Å². The molecule has 0 atom stereocenters. The van der Waals surface area contributed by atoms with Crippen molar-refractivity contribution in [2.45, 2.75) is 13.3 Å². The van der Waals surface area contributed by atoms with Crippen LogP contribution in [0.2, 0.25) is 0 Å². The molecule has 0 aliphatic carbocycles. The molecule has 1 rings (SSSR count). The van der Waals surface area contributed by atoms with Crippen LogP contribution in [0.3, 0.4) is 0 Å². The second kappa shape index (κ2) is 6.52. The molecule has 0 fully saturated rings. The highest BCUT2D eigenvalue weighted by molar-refractivity contribution is 5.89. The van der Waals surface area contributed by atoms with Gasteiger partial charge in [0.05, 0.1) is 12.2 Å². The Bertz CT molecular complexity index is 386. The Morgan fingerprint density at radius 1 is 1.24 bits per heavy atom. The van der Waals surface area contributed by atoms with Gasteiger partial charge in [0, 0.05) is 0 Å². The molecule has 0 radical (unpaired) electrons. The van der Waals surface area contributed by atoms with Crippen molar-refractivity contribution >= 4 is 11.9 Å². The van der Waals surface area contributed by atoms with E-state index in [-0.39, 0.29) is 12.6 Å². The number of carbonyl (C=O) groups is 2. The third-order valence-electron chi connectivity index (χ3n) is 1.91. The molecule has 0 unspecified atom stereocenters. The normalized spacial score (nSPS) is 9.71. The number of amides is 1. The number of hydrogen-bond acceptors (Lipinski definition) is 4. The number of ether oxygens (including phenoxy) is 2. The van der Waals surface area contributed by atoms with Crippen molar-refractivity contribution in [3.8, 4) is 5.75 Å². The van der Waals surface area contributed by atoms with Crippen molar-refractivity contribution in [1.29, 1.82) is 0 Å². The molecule has 5 heteroatoms. The van der Waals surface area contributed by atoms with Gasteiger partial charge in [0.15, 0.2) is 6.61 Å². The molecule has 1 aromatic rings. The number of hydrogen-bond donors (Lipinski definition) is 1. The summed E-state index contributed by atoms with van der Waals surface area (Å²) >= 11 is 0. The first kappa shape index (κ1) is 13.0. The molecular weight excluding hydrogens is 222 g/mol. The molecule has 5 nitrogen and oxygen atoms in total. The average molecular weight is 237 g/mol. The van der Waals surface area contributed by atoms with Gasteiger partial charge in [-0.25, -0.2) is 4.79 Å². The Morgan fingerprint density at radius 3 is 2.41 bits per heavy atom. The predicted octanol–water partition coefficient (Wildman–Crippen LogP) is 1.12. The minimum absolute atomic E-state index is 0.181. The molecule has 92 valence electrons. The van der Waals surface area contributed by atoms with Crippen LogP contribution in [0.25, 0.3) is 0 Å². The van der Waals surface area contributed by atoms with E-state index < -0.39 is 5.91 Å². The van der Waals surface area contributed by atoms with E-state index in [0.29, 0.717) is 17.9 Å². The summed E-state index contributed by atoms with van der Waals surface area (Å²) in [7, 11) is 0. The molecule has 0 aromatic heterocycles. The number of primary amides is 1. The summed E-state index contributed by atoms with van der Waals surface area (Å²) in [6.45, 7) is 2.15. The van der Waals surface area contributed by atoms with E-state index >= 15 is 0 Å².